The maximum atomic E-state index is 12.3. The highest BCUT2D eigenvalue weighted by atomic mass is 32.2. The first-order valence-corrected chi connectivity index (χ1v) is 7.70. The molecular formula is C14H21F2NS. The Morgan fingerprint density at radius 2 is 1.83 bits per heavy atom. The second-order valence-electron chi connectivity index (χ2n) is 4.27. The maximum Gasteiger partial charge on any atom is 0.263 e. The molecule has 1 N–H and O–H groups in total. The number of benzene rings is 1. The number of thioether (sulfide) groups is 1. The summed E-state index contributed by atoms with van der Waals surface area (Å²) < 4.78 is 24.7. The van der Waals surface area contributed by atoms with Crippen LogP contribution in [0.2, 0.25) is 0 Å². The van der Waals surface area contributed by atoms with E-state index in [0.29, 0.717) is 0 Å². The number of rotatable bonds is 9. The van der Waals surface area contributed by atoms with Gasteiger partial charge in [0.15, 0.2) is 0 Å². The van der Waals surface area contributed by atoms with E-state index in [1.807, 2.05) is 11.8 Å². The van der Waals surface area contributed by atoms with E-state index in [-0.39, 0.29) is 5.56 Å². The zero-order valence-electron chi connectivity index (χ0n) is 10.8. The second-order valence-corrected chi connectivity index (χ2v) is 5.26. The molecule has 0 saturated carbocycles. The molecule has 0 saturated heterocycles. The van der Waals surface area contributed by atoms with Crippen LogP contribution >= 0.6 is 11.8 Å². The summed E-state index contributed by atoms with van der Waals surface area (Å²) in [6.07, 6.45) is 3.45. The minimum absolute atomic E-state index is 0.0933. The molecule has 0 fully saturated rings. The van der Waals surface area contributed by atoms with Gasteiger partial charge in [-0.25, -0.2) is 8.78 Å². The van der Waals surface area contributed by atoms with Gasteiger partial charge in [0.25, 0.3) is 6.43 Å². The first kappa shape index (κ1) is 15.4. The fourth-order valence-electron chi connectivity index (χ4n) is 1.69. The molecule has 0 bridgehead atoms. The van der Waals surface area contributed by atoms with Crippen molar-refractivity contribution in [3.8, 4) is 0 Å². The lowest BCUT2D eigenvalue weighted by Gasteiger charge is -2.06. The Hall–Kier alpha value is -0.610. The van der Waals surface area contributed by atoms with Crippen molar-refractivity contribution >= 4 is 11.8 Å². The van der Waals surface area contributed by atoms with Crippen LogP contribution in [0, 0.1) is 0 Å². The van der Waals surface area contributed by atoms with Crippen molar-refractivity contribution in [2.45, 2.75) is 32.2 Å². The molecule has 1 rings (SSSR count). The summed E-state index contributed by atoms with van der Waals surface area (Å²) in [5, 5.41) is 3.33. The molecule has 0 unspecified atom stereocenters. The predicted molar refractivity (Wildman–Crippen MR) is 75.3 cm³/mol. The van der Waals surface area contributed by atoms with Gasteiger partial charge in [-0.1, -0.05) is 30.7 Å². The van der Waals surface area contributed by atoms with Crippen molar-refractivity contribution in [1.82, 2.24) is 5.32 Å². The van der Waals surface area contributed by atoms with Crippen LogP contribution in [0.4, 0.5) is 8.78 Å². The van der Waals surface area contributed by atoms with Crippen molar-refractivity contribution in [2.24, 2.45) is 0 Å². The number of halogens is 2. The third-order valence-electron chi connectivity index (χ3n) is 2.76. The Labute approximate surface area is 112 Å². The van der Waals surface area contributed by atoms with Crippen LogP contribution < -0.4 is 5.32 Å². The molecule has 0 atom stereocenters. The third kappa shape index (κ3) is 6.36. The Balaban J connectivity index is 2.12. The summed E-state index contributed by atoms with van der Waals surface area (Å²) in [5.41, 5.74) is 1.15. The largest absolute Gasteiger partial charge is 0.313 e. The van der Waals surface area contributed by atoms with Gasteiger partial charge >= 0.3 is 0 Å². The summed E-state index contributed by atoms with van der Waals surface area (Å²) in [4.78, 5) is 0. The van der Waals surface area contributed by atoms with Crippen molar-refractivity contribution in [3.05, 3.63) is 35.4 Å². The van der Waals surface area contributed by atoms with E-state index < -0.39 is 6.43 Å². The van der Waals surface area contributed by atoms with Gasteiger partial charge in [-0.2, -0.15) is 11.8 Å². The van der Waals surface area contributed by atoms with Gasteiger partial charge in [-0.3, -0.25) is 0 Å². The lowest BCUT2D eigenvalue weighted by molar-refractivity contribution is 0.151. The minimum Gasteiger partial charge on any atom is -0.313 e. The van der Waals surface area contributed by atoms with Crippen LogP contribution in [0.25, 0.3) is 0 Å². The molecule has 0 aliphatic rings. The molecule has 0 spiro atoms. The van der Waals surface area contributed by atoms with E-state index in [1.165, 1.54) is 37.1 Å². The van der Waals surface area contributed by atoms with E-state index >= 15 is 0 Å². The van der Waals surface area contributed by atoms with Gasteiger partial charge in [0.05, 0.1) is 0 Å². The van der Waals surface area contributed by atoms with Gasteiger partial charge in [0, 0.05) is 12.1 Å². The van der Waals surface area contributed by atoms with E-state index in [4.69, 9.17) is 0 Å². The standard InChI is InChI=1S/C14H21F2NS/c1-18-10-4-2-3-9-17-11-12-5-7-13(8-6-12)14(15)16/h5-8,14,17H,2-4,9-11H2,1H3. The van der Waals surface area contributed by atoms with Gasteiger partial charge in [-0.05, 0) is 37.0 Å². The molecule has 0 amide bonds. The quantitative estimate of drug-likeness (QED) is 0.675. The van der Waals surface area contributed by atoms with Crippen molar-refractivity contribution < 1.29 is 8.78 Å². The fraction of sp³-hybridized carbons (Fsp3) is 0.571. The minimum atomic E-state index is -2.37. The summed E-state index contributed by atoms with van der Waals surface area (Å²) >= 11 is 1.88. The van der Waals surface area contributed by atoms with Crippen LogP contribution in [0.15, 0.2) is 24.3 Å². The zero-order valence-corrected chi connectivity index (χ0v) is 11.6. The highest BCUT2D eigenvalue weighted by Gasteiger charge is 2.05. The predicted octanol–water partition coefficient (Wildman–Crippen LogP) is 4.25. The van der Waals surface area contributed by atoms with Crippen LogP contribution in [0.1, 0.15) is 36.8 Å². The maximum absolute atomic E-state index is 12.3. The number of alkyl halides is 2. The van der Waals surface area contributed by atoms with E-state index in [2.05, 4.69) is 11.6 Å². The summed E-state index contributed by atoms with van der Waals surface area (Å²) in [7, 11) is 0. The molecule has 0 heterocycles. The third-order valence-corrected chi connectivity index (χ3v) is 3.46. The Morgan fingerprint density at radius 1 is 1.11 bits per heavy atom. The number of unbranched alkanes of at least 4 members (excludes halogenated alkanes) is 2. The first-order chi connectivity index (χ1) is 8.74. The molecule has 1 aromatic carbocycles. The molecule has 0 aliphatic carbocycles. The summed E-state index contributed by atoms with van der Waals surface area (Å²) in [5.74, 6) is 1.23. The van der Waals surface area contributed by atoms with Crippen molar-refractivity contribution in [3.63, 3.8) is 0 Å². The van der Waals surface area contributed by atoms with Crippen LogP contribution in [0.3, 0.4) is 0 Å². The average molecular weight is 273 g/mol. The lowest BCUT2D eigenvalue weighted by atomic mass is 10.1. The highest BCUT2D eigenvalue weighted by molar-refractivity contribution is 7.98. The van der Waals surface area contributed by atoms with Crippen molar-refractivity contribution in [1.29, 1.82) is 0 Å². The second kappa shape index (κ2) is 9.34. The SMILES string of the molecule is CSCCCCCNCc1ccc(C(F)F)cc1. The number of hydrogen-bond acceptors (Lipinski definition) is 2. The Bertz CT molecular complexity index is 314. The average Bonchev–Trinajstić information content (AvgIpc) is 2.38. The van der Waals surface area contributed by atoms with Crippen LogP contribution in [-0.2, 0) is 6.54 Å². The Kier molecular flexibility index (Phi) is 8.01. The highest BCUT2D eigenvalue weighted by Crippen LogP contribution is 2.18. The van der Waals surface area contributed by atoms with E-state index in [0.717, 1.165) is 18.7 Å². The molecule has 102 valence electrons. The monoisotopic (exact) mass is 273 g/mol. The van der Waals surface area contributed by atoms with Gasteiger partial charge < -0.3 is 5.32 Å². The van der Waals surface area contributed by atoms with Crippen molar-refractivity contribution in [2.75, 3.05) is 18.6 Å². The van der Waals surface area contributed by atoms with Gasteiger partial charge in [0.2, 0.25) is 0 Å². The molecular weight excluding hydrogens is 252 g/mol. The first-order valence-electron chi connectivity index (χ1n) is 6.30. The van der Waals surface area contributed by atoms with Crippen LogP contribution in [0.5, 0.6) is 0 Å². The van der Waals surface area contributed by atoms with E-state index in [9.17, 15) is 8.78 Å². The summed E-state index contributed by atoms with van der Waals surface area (Å²) in [6.45, 7) is 1.75. The molecule has 0 aliphatic heterocycles. The summed E-state index contributed by atoms with van der Waals surface area (Å²) in [6, 6.07) is 6.53. The van der Waals surface area contributed by atoms with Gasteiger partial charge in [0.1, 0.15) is 0 Å². The molecule has 18 heavy (non-hydrogen) atoms. The number of nitrogens with one attached hydrogen (secondary N) is 1. The molecule has 1 nitrogen and oxygen atoms in total. The van der Waals surface area contributed by atoms with E-state index in [1.54, 1.807) is 12.1 Å². The molecule has 0 aromatic heterocycles. The molecule has 4 heteroatoms. The fourth-order valence-corrected chi connectivity index (χ4v) is 2.18. The zero-order chi connectivity index (χ0) is 13.2. The topological polar surface area (TPSA) is 12.0 Å². The smallest absolute Gasteiger partial charge is 0.263 e. The van der Waals surface area contributed by atoms with Crippen LogP contribution in [-0.4, -0.2) is 18.6 Å². The Morgan fingerprint density at radius 3 is 2.44 bits per heavy atom. The normalized spacial score (nSPS) is 11.1. The van der Waals surface area contributed by atoms with Gasteiger partial charge in [-0.15, -0.1) is 0 Å². The molecule has 1 aromatic rings. The number of hydrogen-bond donors (Lipinski definition) is 1. The molecule has 0 radical (unpaired) electrons. The lowest BCUT2D eigenvalue weighted by Crippen LogP contribution is -2.14.